The zero-order chi connectivity index (χ0) is 30.3. The van der Waals surface area contributed by atoms with E-state index in [1.54, 1.807) is 39.8 Å². The average molecular weight is 588 g/mol. The van der Waals surface area contributed by atoms with Gasteiger partial charge in [-0.15, -0.1) is 0 Å². The molecule has 0 atom stereocenters. The third-order valence-corrected chi connectivity index (χ3v) is 7.54. The molecule has 1 saturated heterocycles. The first kappa shape index (κ1) is 29.9. The maximum absolute atomic E-state index is 10.3. The van der Waals surface area contributed by atoms with Gasteiger partial charge in [0.05, 0.1) is 52.6 Å². The van der Waals surface area contributed by atoms with E-state index in [-0.39, 0.29) is 5.75 Å². The molecule has 1 aliphatic rings. The van der Waals surface area contributed by atoms with Crippen LogP contribution in [0.25, 0.3) is 22.5 Å². The summed E-state index contributed by atoms with van der Waals surface area (Å²) in [6, 6.07) is 13.4. The maximum atomic E-state index is 10.3. The Hall–Kier alpha value is -4.61. The molecule has 0 saturated carbocycles. The number of nitrogens with zero attached hydrogens (tertiary/aromatic N) is 5. The first-order valence-electron chi connectivity index (χ1n) is 13.9. The molecule has 0 radical (unpaired) electrons. The Morgan fingerprint density at radius 1 is 0.628 bits per heavy atom. The zero-order valence-corrected chi connectivity index (χ0v) is 25.2. The van der Waals surface area contributed by atoms with Crippen LogP contribution in [0.5, 0.6) is 34.5 Å². The summed E-state index contributed by atoms with van der Waals surface area (Å²) < 4.78 is 27.1. The van der Waals surface area contributed by atoms with Crippen LogP contribution in [-0.2, 0) is 13.1 Å². The van der Waals surface area contributed by atoms with Crippen LogP contribution in [0.3, 0.4) is 0 Å². The number of hydrogen-bond acceptors (Lipinski definition) is 11. The van der Waals surface area contributed by atoms with E-state index in [0.29, 0.717) is 28.7 Å². The van der Waals surface area contributed by atoms with Crippen molar-refractivity contribution in [1.29, 1.82) is 0 Å². The lowest BCUT2D eigenvalue weighted by molar-refractivity contribution is 0.121. The van der Waals surface area contributed by atoms with Gasteiger partial charge in [-0.25, -0.2) is 9.97 Å². The maximum Gasteiger partial charge on any atom is 0.203 e. The lowest BCUT2D eigenvalue weighted by Crippen LogP contribution is -2.45. The quantitative estimate of drug-likeness (QED) is 0.272. The topological polar surface area (TPSA) is 112 Å². The van der Waals surface area contributed by atoms with E-state index >= 15 is 0 Å². The molecule has 226 valence electrons. The van der Waals surface area contributed by atoms with Crippen molar-refractivity contribution in [3.8, 4) is 57.0 Å². The molecule has 43 heavy (non-hydrogen) atoms. The summed E-state index contributed by atoms with van der Waals surface area (Å²) in [5, 5.41) is 10.3. The van der Waals surface area contributed by atoms with Gasteiger partial charge >= 0.3 is 0 Å². The van der Waals surface area contributed by atoms with E-state index in [1.165, 1.54) is 14.2 Å². The Labute approximate surface area is 251 Å². The second-order valence-electron chi connectivity index (χ2n) is 10.1. The van der Waals surface area contributed by atoms with Gasteiger partial charge in [0, 0.05) is 56.6 Å². The number of hydrogen-bond donors (Lipinski definition) is 1. The lowest BCUT2D eigenvalue weighted by Gasteiger charge is -2.34. The van der Waals surface area contributed by atoms with Gasteiger partial charge in [-0.3, -0.25) is 14.8 Å². The van der Waals surface area contributed by atoms with E-state index in [2.05, 4.69) is 30.8 Å². The van der Waals surface area contributed by atoms with Crippen LogP contribution in [0.1, 0.15) is 11.3 Å². The minimum atomic E-state index is -0.0258. The highest BCUT2D eigenvalue weighted by Gasteiger charge is 2.20. The molecule has 1 N–H and O–H groups in total. The van der Waals surface area contributed by atoms with E-state index < -0.39 is 0 Å². The number of rotatable bonds is 11. The molecule has 11 heteroatoms. The molecule has 0 spiro atoms. The highest BCUT2D eigenvalue weighted by molar-refractivity contribution is 5.69. The molecule has 1 aliphatic heterocycles. The molecule has 0 unspecified atom stereocenters. The molecule has 1 fully saturated rings. The number of phenols is 1. The van der Waals surface area contributed by atoms with Crippen LogP contribution in [-0.4, -0.2) is 91.6 Å². The van der Waals surface area contributed by atoms with Crippen LogP contribution in [0.4, 0.5) is 0 Å². The van der Waals surface area contributed by atoms with Crippen molar-refractivity contribution in [3.63, 3.8) is 0 Å². The second-order valence-corrected chi connectivity index (χ2v) is 10.1. The first-order chi connectivity index (χ1) is 21.0. The van der Waals surface area contributed by atoms with Gasteiger partial charge in [-0.05, 0) is 48.0 Å². The van der Waals surface area contributed by atoms with Crippen LogP contribution in [0.2, 0.25) is 0 Å². The molecule has 2 aromatic heterocycles. The van der Waals surface area contributed by atoms with Crippen molar-refractivity contribution in [2.45, 2.75) is 13.1 Å². The van der Waals surface area contributed by atoms with Crippen molar-refractivity contribution >= 4 is 0 Å². The summed E-state index contributed by atoms with van der Waals surface area (Å²) in [5.41, 5.74) is 5.37. The fourth-order valence-electron chi connectivity index (χ4n) is 5.24. The fourth-order valence-corrected chi connectivity index (χ4v) is 5.24. The predicted molar refractivity (Wildman–Crippen MR) is 162 cm³/mol. The van der Waals surface area contributed by atoms with Gasteiger partial charge in [-0.1, -0.05) is 0 Å². The lowest BCUT2D eigenvalue weighted by atomic mass is 10.1. The van der Waals surface area contributed by atoms with E-state index in [0.717, 1.165) is 73.0 Å². The molecular weight excluding hydrogens is 550 g/mol. The van der Waals surface area contributed by atoms with E-state index in [4.69, 9.17) is 23.7 Å². The van der Waals surface area contributed by atoms with E-state index in [9.17, 15) is 5.11 Å². The van der Waals surface area contributed by atoms with Crippen molar-refractivity contribution in [2.75, 3.05) is 61.7 Å². The number of aromatic nitrogens is 3. The molecule has 0 aliphatic carbocycles. The zero-order valence-electron chi connectivity index (χ0n) is 25.2. The molecular formula is C32H37N5O6. The summed E-state index contributed by atoms with van der Waals surface area (Å²) in [5.74, 6) is 2.37. The number of piperazine rings is 1. The molecule has 0 bridgehead atoms. The minimum absolute atomic E-state index is 0.0258. The monoisotopic (exact) mass is 587 g/mol. The third-order valence-electron chi connectivity index (χ3n) is 7.54. The van der Waals surface area contributed by atoms with Crippen molar-refractivity contribution in [3.05, 3.63) is 66.2 Å². The number of benzene rings is 2. The summed E-state index contributed by atoms with van der Waals surface area (Å²) in [7, 11) is 7.82. The molecule has 0 amide bonds. The van der Waals surface area contributed by atoms with Crippen molar-refractivity contribution in [2.24, 2.45) is 0 Å². The normalized spacial score (nSPS) is 13.9. The predicted octanol–water partition coefficient (Wildman–Crippen LogP) is 4.27. The number of phenolic OH excluding ortho intramolecular Hbond substituents is 1. The smallest absolute Gasteiger partial charge is 0.203 e. The Balaban J connectivity index is 1.22. The molecule has 5 rings (SSSR count). The molecule has 2 aromatic carbocycles. The van der Waals surface area contributed by atoms with Gasteiger partial charge in [0.1, 0.15) is 6.33 Å². The third kappa shape index (κ3) is 6.73. The Bertz CT molecular complexity index is 1510. The molecule has 3 heterocycles. The highest BCUT2D eigenvalue weighted by Crippen LogP contribution is 2.41. The Morgan fingerprint density at radius 3 is 1.72 bits per heavy atom. The number of ether oxygens (including phenoxy) is 5. The second kappa shape index (κ2) is 13.6. The van der Waals surface area contributed by atoms with Gasteiger partial charge in [0.25, 0.3) is 0 Å². The fraction of sp³-hybridized carbons (Fsp3) is 0.344. The van der Waals surface area contributed by atoms with E-state index in [1.807, 2.05) is 30.5 Å². The van der Waals surface area contributed by atoms with Crippen LogP contribution >= 0.6 is 0 Å². The Kier molecular flexibility index (Phi) is 9.43. The van der Waals surface area contributed by atoms with Gasteiger partial charge in [0.2, 0.25) is 11.5 Å². The average Bonchev–Trinajstić information content (AvgIpc) is 3.05. The molecule has 11 nitrogen and oxygen atoms in total. The van der Waals surface area contributed by atoms with Gasteiger partial charge in [0.15, 0.2) is 23.0 Å². The van der Waals surface area contributed by atoms with Crippen LogP contribution in [0, 0.1) is 0 Å². The number of aromatic hydroxyl groups is 1. The van der Waals surface area contributed by atoms with Crippen molar-refractivity contribution in [1.82, 2.24) is 24.8 Å². The summed E-state index contributed by atoms with van der Waals surface area (Å²) in [6.45, 7) is 5.26. The molecule has 4 aromatic rings. The summed E-state index contributed by atoms with van der Waals surface area (Å²) in [4.78, 5) is 18.4. The Morgan fingerprint density at radius 2 is 1.16 bits per heavy atom. The highest BCUT2D eigenvalue weighted by atomic mass is 16.5. The number of pyridine rings is 1. The summed E-state index contributed by atoms with van der Waals surface area (Å²) >= 11 is 0. The largest absolute Gasteiger partial charge is 0.502 e. The minimum Gasteiger partial charge on any atom is -0.502 e. The number of methoxy groups -OCH3 is 5. The first-order valence-corrected chi connectivity index (χ1v) is 13.9. The van der Waals surface area contributed by atoms with Gasteiger partial charge in [-0.2, -0.15) is 0 Å². The van der Waals surface area contributed by atoms with Crippen LogP contribution < -0.4 is 23.7 Å². The van der Waals surface area contributed by atoms with Crippen molar-refractivity contribution < 1.29 is 28.8 Å². The standard InChI is InChI=1S/C32H37N5O6/c1-39-27-13-22(14-28(40-2)31(27)38)25-12-21(6-7-33-25)18-36-8-10-37(11-9-36)19-24-17-26(35-20-34-24)23-15-29(41-3)32(43-5)30(16-23)42-4/h6-7,12-17,20,38H,8-11,18-19H2,1-5H3. The van der Waals surface area contributed by atoms with Crippen LogP contribution in [0.15, 0.2) is 55.0 Å². The van der Waals surface area contributed by atoms with Gasteiger partial charge < -0.3 is 28.8 Å². The SMILES string of the molecule is COc1cc(-c2cc(CN3CCN(Cc4cc(-c5cc(OC)c(OC)c(OC)c5)ncn4)CC3)ccn2)cc(OC)c1O. The summed E-state index contributed by atoms with van der Waals surface area (Å²) in [6.07, 6.45) is 3.41.